The highest BCUT2D eigenvalue weighted by Gasteiger charge is 2.13. The number of ether oxygens (including phenoxy) is 2. The molecule has 2 aromatic rings. The minimum atomic E-state index is 0.641. The van der Waals surface area contributed by atoms with Gasteiger partial charge in [-0.15, -0.1) is 0 Å². The second-order valence-electron chi connectivity index (χ2n) is 4.12. The van der Waals surface area contributed by atoms with Gasteiger partial charge < -0.3 is 14.8 Å². The van der Waals surface area contributed by atoms with Gasteiger partial charge in [-0.05, 0) is 36.4 Å². The maximum atomic E-state index is 5.45. The fourth-order valence-electron chi connectivity index (χ4n) is 1.89. The highest BCUT2D eigenvalue weighted by Crippen LogP contribution is 2.36. The van der Waals surface area contributed by atoms with Crippen LogP contribution in [0.15, 0.2) is 45.3 Å². The monoisotopic (exact) mass is 399 g/mol. The van der Waals surface area contributed by atoms with E-state index < -0.39 is 0 Å². The minimum Gasteiger partial charge on any atom is -0.493 e. The van der Waals surface area contributed by atoms with Crippen molar-refractivity contribution in [3.8, 4) is 11.5 Å². The lowest BCUT2D eigenvalue weighted by molar-refractivity contribution is 0.351. The van der Waals surface area contributed by atoms with Crippen LogP contribution in [0.3, 0.4) is 0 Å². The normalized spacial score (nSPS) is 10.2. The zero-order chi connectivity index (χ0) is 14.5. The lowest BCUT2D eigenvalue weighted by Crippen LogP contribution is -2.04. The predicted molar refractivity (Wildman–Crippen MR) is 88.7 cm³/mol. The van der Waals surface area contributed by atoms with E-state index in [1.807, 2.05) is 36.4 Å². The van der Waals surface area contributed by atoms with Crippen LogP contribution < -0.4 is 14.8 Å². The van der Waals surface area contributed by atoms with E-state index in [9.17, 15) is 0 Å². The third kappa shape index (κ3) is 3.46. The summed E-state index contributed by atoms with van der Waals surface area (Å²) in [6, 6.07) is 11.9. The number of benzene rings is 2. The summed E-state index contributed by atoms with van der Waals surface area (Å²) in [4.78, 5) is 0. The molecule has 0 aliphatic carbocycles. The zero-order valence-corrected chi connectivity index (χ0v) is 14.4. The Morgan fingerprint density at radius 1 is 0.950 bits per heavy atom. The molecule has 0 aliphatic heterocycles. The quantitative estimate of drug-likeness (QED) is 0.778. The Hall–Kier alpha value is -1.20. The molecule has 2 aromatic carbocycles. The largest absolute Gasteiger partial charge is 0.493 e. The average molecular weight is 401 g/mol. The van der Waals surface area contributed by atoms with E-state index in [4.69, 9.17) is 9.47 Å². The standard InChI is InChI=1S/C15H15Br2NO2/c1-19-14-8-7-13(17)12(15(14)20-2)9-18-11-5-3-10(16)4-6-11/h3-8,18H,9H2,1-2H3. The number of halogens is 2. The van der Waals surface area contributed by atoms with Crippen LogP contribution in [0.2, 0.25) is 0 Å². The van der Waals surface area contributed by atoms with Crippen LogP contribution in [0.4, 0.5) is 5.69 Å². The summed E-state index contributed by atoms with van der Waals surface area (Å²) in [5.41, 5.74) is 2.07. The van der Waals surface area contributed by atoms with Crippen molar-refractivity contribution in [3.63, 3.8) is 0 Å². The second-order valence-corrected chi connectivity index (χ2v) is 5.89. The van der Waals surface area contributed by atoms with Crippen LogP contribution in [-0.2, 0) is 6.54 Å². The van der Waals surface area contributed by atoms with E-state index in [2.05, 4.69) is 37.2 Å². The highest BCUT2D eigenvalue weighted by molar-refractivity contribution is 9.10. The number of anilines is 1. The molecular formula is C15H15Br2NO2. The first-order valence-electron chi connectivity index (χ1n) is 6.04. The Balaban J connectivity index is 2.22. The summed E-state index contributed by atoms with van der Waals surface area (Å²) in [7, 11) is 3.28. The molecule has 0 bridgehead atoms. The van der Waals surface area contributed by atoms with Gasteiger partial charge in [0.25, 0.3) is 0 Å². The molecule has 20 heavy (non-hydrogen) atoms. The Kier molecular flexibility index (Phi) is 5.31. The van der Waals surface area contributed by atoms with Crippen LogP contribution in [0.25, 0.3) is 0 Å². The number of hydrogen-bond acceptors (Lipinski definition) is 3. The summed E-state index contributed by atoms with van der Waals surface area (Å²) in [6.07, 6.45) is 0. The maximum Gasteiger partial charge on any atom is 0.166 e. The van der Waals surface area contributed by atoms with Crippen molar-refractivity contribution in [1.29, 1.82) is 0 Å². The Morgan fingerprint density at radius 3 is 2.25 bits per heavy atom. The third-order valence-corrected chi connectivity index (χ3v) is 4.18. The van der Waals surface area contributed by atoms with Crippen molar-refractivity contribution in [2.75, 3.05) is 19.5 Å². The van der Waals surface area contributed by atoms with Crippen molar-refractivity contribution in [3.05, 3.63) is 50.9 Å². The van der Waals surface area contributed by atoms with E-state index in [-0.39, 0.29) is 0 Å². The third-order valence-electron chi connectivity index (χ3n) is 2.90. The number of nitrogens with one attached hydrogen (secondary N) is 1. The highest BCUT2D eigenvalue weighted by atomic mass is 79.9. The van der Waals surface area contributed by atoms with Gasteiger partial charge in [-0.2, -0.15) is 0 Å². The van der Waals surface area contributed by atoms with Gasteiger partial charge in [0.2, 0.25) is 0 Å². The summed E-state index contributed by atoms with van der Waals surface area (Å²) in [6.45, 7) is 0.641. The molecule has 0 unspecified atom stereocenters. The first kappa shape index (κ1) is 15.2. The van der Waals surface area contributed by atoms with Gasteiger partial charge in [0, 0.05) is 26.7 Å². The predicted octanol–water partition coefficient (Wildman–Crippen LogP) is 4.84. The van der Waals surface area contributed by atoms with Crippen LogP contribution in [-0.4, -0.2) is 14.2 Å². The molecule has 0 aromatic heterocycles. The van der Waals surface area contributed by atoms with Crippen LogP contribution >= 0.6 is 31.9 Å². The van der Waals surface area contributed by atoms with E-state index >= 15 is 0 Å². The Labute approximate surface area is 135 Å². The lowest BCUT2D eigenvalue weighted by Gasteiger charge is -2.15. The van der Waals surface area contributed by atoms with Gasteiger partial charge >= 0.3 is 0 Å². The first-order valence-corrected chi connectivity index (χ1v) is 7.63. The van der Waals surface area contributed by atoms with E-state index in [0.29, 0.717) is 6.54 Å². The summed E-state index contributed by atoms with van der Waals surface area (Å²) in [5, 5.41) is 3.37. The molecule has 1 N–H and O–H groups in total. The van der Waals surface area contributed by atoms with E-state index in [1.165, 1.54) is 0 Å². The summed E-state index contributed by atoms with van der Waals surface area (Å²) >= 11 is 6.98. The molecule has 0 amide bonds. The van der Waals surface area contributed by atoms with Crippen molar-refractivity contribution in [2.45, 2.75) is 6.54 Å². The maximum absolute atomic E-state index is 5.45. The van der Waals surface area contributed by atoms with Gasteiger partial charge in [0.15, 0.2) is 11.5 Å². The minimum absolute atomic E-state index is 0.641. The van der Waals surface area contributed by atoms with Crippen molar-refractivity contribution < 1.29 is 9.47 Å². The van der Waals surface area contributed by atoms with Gasteiger partial charge in [0.1, 0.15) is 0 Å². The van der Waals surface area contributed by atoms with Gasteiger partial charge in [-0.1, -0.05) is 31.9 Å². The number of rotatable bonds is 5. The second kappa shape index (κ2) is 6.99. The number of hydrogen-bond donors (Lipinski definition) is 1. The van der Waals surface area contributed by atoms with Crippen molar-refractivity contribution in [1.82, 2.24) is 0 Å². The zero-order valence-electron chi connectivity index (χ0n) is 11.2. The smallest absolute Gasteiger partial charge is 0.166 e. The molecule has 0 saturated carbocycles. The van der Waals surface area contributed by atoms with Gasteiger partial charge in [-0.3, -0.25) is 0 Å². The van der Waals surface area contributed by atoms with Gasteiger partial charge in [0.05, 0.1) is 14.2 Å². The average Bonchev–Trinajstić information content (AvgIpc) is 2.47. The molecule has 0 atom stereocenters. The summed E-state index contributed by atoms with van der Waals surface area (Å²) < 4.78 is 12.8. The molecule has 3 nitrogen and oxygen atoms in total. The molecule has 0 aliphatic rings. The molecule has 0 spiro atoms. The van der Waals surface area contributed by atoms with Crippen molar-refractivity contribution in [2.24, 2.45) is 0 Å². The molecule has 0 heterocycles. The molecule has 0 saturated heterocycles. The molecule has 0 fully saturated rings. The molecule has 106 valence electrons. The van der Waals surface area contributed by atoms with Crippen LogP contribution in [0.5, 0.6) is 11.5 Å². The molecule has 0 radical (unpaired) electrons. The van der Waals surface area contributed by atoms with Crippen LogP contribution in [0.1, 0.15) is 5.56 Å². The van der Waals surface area contributed by atoms with E-state index in [0.717, 1.165) is 31.7 Å². The Morgan fingerprint density at radius 2 is 1.65 bits per heavy atom. The SMILES string of the molecule is COc1ccc(Br)c(CNc2ccc(Br)cc2)c1OC. The van der Waals surface area contributed by atoms with Crippen molar-refractivity contribution >= 4 is 37.5 Å². The topological polar surface area (TPSA) is 30.5 Å². The molecule has 5 heteroatoms. The number of methoxy groups -OCH3 is 2. The molecular weight excluding hydrogens is 386 g/mol. The Bertz CT molecular complexity index is 585. The van der Waals surface area contributed by atoms with Gasteiger partial charge in [-0.25, -0.2) is 0 Å². The van der Waals surface area contributed by atoms with Crippen LogP contribution in [0, 0.1) is 0 Å². The lowest BCUT2D eigenvalue weighted by atomic mass is 10.1. The first-order chi connectivity index (χ1) is 9.65. The fourth-order valence-corrected chi connectivity index (χ4v) is 2.61. The summed E-state index contributed by atoms with van der Waals surface area (Å²) in [5.74, 6) is 1.47. The molecule has 2 rings (SSSR count). The fraction of sp³-hybridized carbons (Fsp3) is 0.200. The van der Waals surface area contributed by atoms with E-state index in [1.54, 1.807) is 14.2 Å².